The maximum absolute atomic E-state index is 12.2. The van der Waals surface area contributed by atoms with Crippen LogP contribution in [0.4, 0.5) is 5.69 Å². The minimum atomic E-state index is -0.0748. The van der Waals surface area contributed by atoms with Crippen molar-refractivity contribution in [3.8, 4) is 11.4 Å². The summed E-state index contributed by atoms with van der Waals surface area (Å²) in [7, 11) is 0. The molecule has 0 unspecified atom stereocenters. The van der Waals surface area contributed by atoms with Gasteiger partial charge < -0.3 is 9.84 Å². The zero-order valence-electron chi connectivity index (χ0n) is 15.0. The number of hydrogen-bond acceptors (Lipinski definition) is 4. The Morgan fingerprint density at radius 1 is 1.00 bits per heavy atom. The van der Waals surface area contributed by atoms with Crippen molar-refractivity contribution < 1.29 is 9.32 Å². The Labute approximate surface area is 157 Å². The molecule has 0 aliphatic heterocycles. The van der Waals surface area contributed by atoms with Crippen LogP contribution in [0.3, 0.4) is 0 Å². The number of hydrogen-bond donors (Lipinski definition) is 1. The molecule has 0 radical (unpaired) electrons. The Balaban J connectivity index is 1.45. The number of nitrogens with one attached hydrogen (secondary N) is 1. The van der Waals surface area contributed by atoms with E-state index in [1.54, 1.807) is 0 Å². The molecule has 1 amide bonds. The first-order valence-corrected chi connectivity index (χ1v) is 8.87. The molecule has 0 fully saturated rings. The monoisotopic (exact) mass is 357 g/mol. The minimum absolute atomic E-state index is 0.0748. The van der Waals surface area contributed by atoms with E-state index in [2.05, 4.69) is 27.6 Å². The third-order valence-corrected chi connectivity index (χ3v) is 4.48. The van der Waals surface area contributed by atoms with Crippen LogP contribution in [-0.2, 0) is 11.2 Å². The normalized spacial score (nSPS) is 10.9. The first kappa shape index (κ1) is 17.0. The van der Waals surface area contributed by atoms with E-state index in [0.29, 0.717) is 18.1 Å². The van der Waals surface area contributed by atoms with Gasteiger partial charge in [-0.05, 0) is 29.3 Å². The molecule has 5 heteroatoms. The fourth-order valence-electron chi connectivity index (χ4n) is 3.03. The van der Waals surface area contributed by atoms with E-state index in [0.717, 1.165) is 27.6 Å². The van der Waals surface area contributed by atoms with Gasteiger partial charge in [0.2, 0.25) is 17.6 Å². The molecular formula is C22H19N3O2. The molecule has 134 valence electrons. The van der Waals surface area contributed by atoms with E-state index < -0.39 is 0 Å². The van der Waals surface area contributed by atoms with Gasteiger partial charge in [-0.25, -0.2) is 0 Å². The van der Waals surface area contributed by atoms with E-state index in [1.807, 2.05) is 61.5 Å². The predicted octanol–water partition coefficient (Wildman–Crippen LogP) is 4.77. The summed E-state index contributed by atoms with van der Waals surface area (Å²) in [5, 5.41) is 9.21. The topological polar surface area (TPSA) is 68.0 Å². The third-order valence-electron chi connectivity index (χ3n) is 4.48. The number of amides is 1. The fourth-order valence-corrected chi connectivity index (χ4v) is 3.03. The Bertz CT molecular complexity index is 1100. The molecular weight excluding hydrogens is 338 g/mol. The zero-order valence-corrected chi connectivity index (χ0v) is 15.0. The van der Waals surface area contributed by atoms with Crippen LogP contribution in [0.25, 0.3) is 22.2 Å². The van der Waals surface area contributed by atoms with Gasteiger partial charge in [0.05, 0.1) is 0 Å². The summed E-state index contributed by atoms with van der Waals surface area (Å²) >= 11 is 0. The molecule has 0 atom stereocenters. The molecule has 4 rings (SSSR count). The van der Waals surface area contributed by atoms with E-state index in [9.17, 15) is 4.79 Å². The molecule has 4 aromatic rings. The molecule has 5 nitrogen and oxygen atoms in total. The van der Waals surface area contributed by atoms with Crippen molar-refractivity contribution in [1.82, 2.24) is 10.1 Å². The van der Waals surface area contributed by atoms with Crippen LogP contribution in [0.15, 0.2) is 71.3 Å². The number of aryl methyl sites for hydroxylation is 2. The molecule has 0 saturated heterocycles. The first-order chi connectivity index (χ1) is 13.2. The van der Waals surface area contributed by atoms with Crippen LogP contribution in [0.2, 0.25) is 0 Å². The van der Waals surface area contributed by atoms with Gasteiger partial charge in [0.25, 0.3) is 0 Å². The summed E-state index contributed by atoms with van der Waals surface area (Å²) in [5.41, 5.74) is 2.78. The molecule has 0 spiro atoms. The lowest BCUT2D eigenvalue weighted by Crippen LogP contribution is -2.13. The smallest absolute Gasteiger partial charge is 0.227 e. The van der Waals surface area contributed by atoms with Crippen molar-refractivity contribution >= 4 is 22.4 Å². The first-order valence-electron chi connectivity index (χ1n) is 8.87. The van der Waals surface area contributed by atoms with Crippen molar-refractivity contribution in [3.63, 3.8) is 0 Å². The Morgan fingerprint density at radius 3 is 2.67 bits per heavy atom. The van der Waals surface area contributed by atoms with Gasteiger partial charge in [0, 0.05) is 24.1 Å². The summed E-state index contributed by atoms with van der Waals surface area (Å²) in [6, 6.07) is 21.8. The number of benzene rings is 3. The number of anilines is 1. The number of aromatic nitrogens is 2. The maximum atomic E-state index is 12.2. The number of carbonyl (C=O) groups is 1. The number of carbonyl (C=O) groups excluding carboxylic acids is 1. The molecule has 1 aromatic heterocycles. The molecule has 0 aliphatic rings. The summed E-state index contributed by atoms with van der Waals surface area (Å²) in [5.74, 6) is 0.924. The van der Waals surface area contributed by atoms with Crippen LogP contribution in [0.1, 0.15) is 17.9 Å². The summed E-state index contributed by atoms with van der Waals surface area (Å²) < 4.78 is 5.35. The highest BCUT2D eigenvalue weighted by molar-refractivity contribution is 5.95. The summed E-state index contributed by atoms with van der Waals surface area (Å²) in [6.07, 6.45) is 0.682. The highest BCUT2D eigenvalue weighted by Gasteiger charge is 2.13. The van der Waals surface area contributed by atoms with Gasteiger partial charge in [-0.15, -0.1) is 0 Å². The predicted molar refractivity (Wildman–Crippen MR) is 105 cm³/mol. The maximum Gasteiger partial charge on any atom is 0.227 e. The Hall–Kier alpha value is -3.47. The lowest BCUT2D eigenvalue weighted by molar-refractivity contribution is -0.116. The number of rotatable bonds is 5. The average molecular weight is 357 g/mol. The van der Waals surface area contributed by atoms with Crippen molar-refractivity contribution in [2.75, 3.05) is 5.32 Å². The second-order valence-electron chi connectivity index (χ2n) is 6.40. The van der Waals surface area contributed by atoms with E-state index in [1.165, 1.54) is 0 Å². The van der Waals surface area contributed by atoms with E-state index in [-0.39, 0.29) is 12.3 Å². The molecule has 3 aromatic carbocycles. The number of fused-ring (bicyclic) bond motifs is 1. The van der Waals surface area contributed by atoms with Crippen LogP contribution < -0.4 is 5.32 Å². The highest BCUT2D eigenvalue weighted by atomic mass is 16.5. The van der Waals surface area contributed by atoms with E-state index in [4.69, 9.17) is 4.52 Å². The Morgan fingerprint density at radius 2 is 1.78 bits per heavy atom. The van der Waals surface area contributed by atoms with Crippen LogP contribution in [0, 0.1) is 6.92 Å². The quantitative estimate of drug-likeness (QED) is 0.559. The summed E-state index contributed by atoms with van der Waals surface area (Å²) in [4.78, 5) is 16.7. The lowest BCUT2D eigenvalue weighted by atomic mass is 10.0. The molecule has 0 bridgehead atoms. The van der Waals surface area contributed by atoms with Crippen molar-refractivity contribution in [2.24, 2.45) is 0 Å². The minimum Gasteiger partial charge on any atom is -0.339 e. The van der Waals surface area contributed by atoms with Gasteiger partial charge in [-0.2, -0.15) is 4.98 Å². The average Bonchev–Trinajstić information content (AvgIpc) is 3.17. The Kier molecular flexibility index (Phi) is 4.66. The van der Waals surface area contributed by atoms with Crippen LogP contribution >= 0.6 is 0 Å². The molecule has 1 heterocycles. The SMILES string of the molecule is Cc1ccccc1NC(=O)CCc1nc(-c2cccc3ccccc23)no1. The van der Waals surface area contributed by atoms with Gasteiger partial charge in [-0.3, -0.25) is 4.79 Å². The molecule has 27 heavy (non-hydrogen) atoms. The standard InChI is InChI=1S/C22H19N3O2/c1-15-7-2-5-12-19(15)23-20(26)13-14-21-24-22(25-27-21)18-11-6-9-16-8-3-4-10-17(16)18/h2-12H,13-14H2,1H3,(H,23,26). The van der Waals surface area contributed by atoms with Gasteiger partial charge in [-0.1, -0.05) is 65.8 Å². The van der Waals surface area contributed by atoms with Crippen molar-refractivity contribution in [1.29, 1.82) is 0 Å². The molecule has 0 saturated carbocycles. The number of para-hydroxylation sites is 1. The van der Waals surface area contributed by atoms with Gasteiger partial charge in [0.1, 0.15) is 0 Å². The van der Waals surface area contributed by atoms with Crippen LogP contribution in [0.5, 0.6) is 0 Å². The fraction of sp³-hybridized carbons (Fsp3) is 0.136. The van der Waals surface area contributed by atoms with Crippen molar-refractivity contribution in [3.05, 3.63) is 78.2 Å². The lowest BCUT2D eigenvalue weighted by Gasteiger charge is -2.06. The summed E-state index contributed by atoms with van der Waals surface area (Å²) in [6.45, 7) is 1.96. The highest BCUT2D eigenvalue weighted by Crippen LogP contribution is 2.26. The number of nitrogens with zero attached hydrogens (tertiary/aromatic N) is 2. The van der Waals surface area contributed by atoms with E-state index >= 15 is 0 Å². The largest absolute Gasteiger partial charge is 0.339 e. The van der Waals surface area contributed by atoms with Gasteiger partial charge >= 0.3 is 0 Å². The third kappa shape index (κ3) is 3.72. The van der Waals surface area contributed by atoms with Crippen molar-refractivity contribution in [2.45, 2.75) is 19.8 Å². The van der Waals surface area contributed by atoms with Gasteiger partial charge in [0.15, 0.2) is 0 Å². The van der Waals surface area contributed by atoms with Crippen LogP contribution in [-0.4, -0.2) is 16.0 Å². The second kappa shape index (κ2) is 7.41. The second-order valence-corrected chi connectivity index (χ2v) is 6.40. The molecule has 1 N–H and O–H groups in total. The zero-order chi connectivity index (χ0) is 18.6. The molecule has 0 aliphatic carbocycles.